The second kappa shape index (κ2) is 10.5. The molecule has 0 aliphatic carbocycles. The van der Waals surface area contributed by atoms with Crippen molar-refractivity contribution in [3.05, 3.63) is 104 Å². The third-order valence-electron chi connectivity index (χ3n) is 5.08. The average Bonchev–Trinajstić information content (AvgIpc) is 3.14. The maximum absolute atomic E-state index is 13.3. The van der Waals surface area contributed by atoms with Gasteiger partial charge in [0, 0.05) is 12.1 Å². The third kappa shape index (κ3) is 5.71. The molecule has 1 heterocycles. The minimum atomic E-state index is -4.32. The van der Waals surface area contributed by atoms with Gasteiger partial charge >= 0.3 is 0 Å². The van der Waals surface area contributed by atoms with Crippen LogP contribution < -0.4 is 10.1 Å². The summed E-state index contributed by atoms with van der Waals surface area (Å²) in [6, 6.07) is 15.0. The van der Waals surface area contributed by atoms with E-state index in [0.29, 0.717) is 16.9 Å². The third-order valence-corrected chi connectivity index (χ3v) is 7.18. The zero-order valence-electron chi connectivity index (χ0n) is 18.9. The van der Waals surface area contributed by atoms with Gasteiger partial charge in [-0.1, -0.05) is 35.3 Å². The van der Waals surface area contributed by atoms with Crippen LogP contribution in [-0.4, -0.2) is 29.3 Å². The molecule has 0 aliphatic heterocycles. The van der Waals surface area contributed by atoms with Crippen molar-refractivity contribution < 1.29 is 17.7 Å². The Morgan fingerprint density at radius 3 is 2.46 bits per heavy atom. The van der Waals surface area contributed by atoms with E-state index in [9.17, 15) is 22.9 Å². The first-order valence-electron chi connectivity index (χ1n) is 10.4. The lowest BCUT2D eigenvalue weighted by Gasteiger charge is -2.12. The molecule has 0 aliphatic rings. The van der Waals surface area contributed by atoms with Crippen LogP contribution in [0.15, 0.2) is 76.7 Å². The number of aromatic nitrogens is 2. The highest BCUT2D eigenvalue weighted by Gasteiger charge is 2.23. The van der Waals surface area contributed by atoms with Crippen LogP contribution in [0.2, 0.25) is 10.2 Å². The Hall–Kier alpha value is -4.00. The summed E-state index contributed by atoms with van der Waals surface area (Å²) >= 11 is 12.5. The molecule has 0 saturated heterocycles. The number of nitro groups is 1. The van der Waals surface area contributed by atoms with Gasteiger partial charge in [-0.2, -0.15) is 10.2 Å². The second-order valence-corrected chi connectivity index (χ2v) is 9.99. The quantitative estimate of drug-likeness (QED) is 0.159. The zero-order chi connectivity index (χ0) is 26.7. The van der Waals surface area contributed by atoms with E-state index in [1.54, 1.807) is 19.1 Å². The van der Waals surface area contributed by atoms with Crippen molar-refractivity contribution in [2.24, 2.45) is 5.10 Å². The molecule has 0 amide bonds. The summed E-state index contributed by atoms with van der Waals surface area (Å²) < 4.78 is 43.2. The number of sulfonamides is 1. The fourth-order valence-electron chi connectivity index (χ4n) is 3.26. The van der Waals surface area contributed by atoms with E-state index in [-0.39, 0.29) is 21.6 Å². The Labute approximate surface area is 220 Å². The number of hydrogen-bond donors (Lipinski definition) is 2. The molecule has 0 unspecified atom stereocenters. The minimum absolute atomic E-state index is 0.0406. The second-order valence-electron chi connectivity index (χ2n) is 7.57. The molecular formula is C23H17Cl2FN6O4S. The number of rotatable bonds is 8. The fraction of sp³-hybridized carbons (Fsp3) is 0.0435. The minimum Gasteiger partial charge on any atom is -0.278 e. The number of hydrogen-bond acceptors (Lipinski definition) is 7. The van der Waals surface area contributed by atoms with Crippen LogP contribution >= 0.6 is 23.2 Å². The van der Waals surface area contributed by atoms with Crippen molar-refractivity contribution in [1.29, 1.82) is 0 Å². The van der Waals surface area contributed by atoms with E-state index in [2.05, 4.69) is 20.3 Å². The number of non-ortho nitro benzene ring substituents is 1. The predicted molar refractivity (Wildman–Crippen MR) is 140 cm³/mol. The van der Waals surface area contributed by atoms with E-state index >= 15 is 0 Å². The van der Waals surface area contributed by atoms with Gasteiger partial charge in [0.2, 0.25) is 0 Å². The smallest absolute Gasteiger partial charge is 0.270 e. The van der Waals surface area contributed by atoms with E-state index in [0.717, 1.165) is 12.1 Å². The lowest BCUT2D eigenvalue weighted by Crippen LogP contribution is -2.15. The number of nitrogens with one attached hydrogen (secondary N) is 2. The molecule has 0 atom stereocenters. The van der Waals surface area contributed by atoms with Crippen LogP contribution in [0.25, 0.3) is 5.69 Å². The summed E-state index contributed by atoms with van der Waals surface area (Å²) in [6.07, 6.45) is 1.32. The van der Waals surface area contributed by atoms with Gasteiger partial charge < -0.3 is 0 Å². The number of aryl methyl sites for hydroxylation is 1. The molecule has 0 saturated carbocycles. The molecule has 0 spiro atoms. The maximum atomic E-state index is 13.3. The summed E-state index contributed by atoms with van der Waals surface area (Å²) in [5.74, 6) is -0.410. The topological polar surface area (TPSA) is 132 Å². The summed E-state index contributed by atoms with van der Waals surface area (Å²) in [5.41, 5.74) is 3.65. The number of nitrogens with zero attached hydrogens (tertiary/aromatic N) is 4. The molecule has 4 rings (SSSR count). The van der Waals surface area contributed by atoms with E-state index in [4.69, 9.17) is 23.2 Å². The summed E-state index contributed by atoms with van der Waals surface area (Å²) in [4.78, 5) is 10.1. The Kier molecular flexibility index (Phi) is 7.43. The Morgan fingerprint density at radius 2 is 1.78 bits per heavy atom. The molecule has 10 nitrogen and oxygen atoms in total. The van der Waals surface area contributed by atoms with Gasteiger partial charge in [-0.05, 0) is 49.4 Å². The van der Waals surface area contributed by atoms with Gasteiger partial charge in [0.05, 0.1) is 44.5 Å². The van der Waals surface area contributed by atoms with Crippen LogP contribution in [0.1, 0.15) is 11.3 Å². The van der Waals surface area contributed by atoms with Gasteiger partial charge in [-0.15, -0.1) is 0 Å². The molecule has 1 aromatic heterocycles. The van der Waals surface area contributed by atoms with Crippen LogP contribution in [0.3, 0.4) is 0 Å². The molecule has 0 bridgehead atoms. The van der Waals surface area contributed by atoms with E-state index < -0.39 is 31.3 Å². The highest BCUT2D eigenvalue weighted by molar-refractivity contribution is 7.93. The van der Waals surface area contributed by atoms with Crippen molar-refractivity contribution in [3.8, 4) is 5.69 Å². The van der Waals surface area contributed by atoms with Crippen molar-refractivity contribution in [2.75, 3.05) is 10.1 Å². The first kappa shape index (κ1) is 26.1. The van der Waals surface area contributed by atoms with E-state index in [1.165, 1.54) is 53.4 Å². The highest BCUT2D eigenvalue weighted by atomic mass is 35.5. The molecule has 3 aromatic carbocycles. The Morgan fingerprint density at radius 1 is 1.08 bits per heavy atom. The van der Waals surface area contributed by atoms with Crippen LogP contribution in [-0.2, 0) is 10.0 Å². The van der Waals surface area contributed by atoms with E-state index in [1.807, 2.05) is 0 Å². The van der Waals surface area contributed by atoms with Crippen molar-refractivity contribution in [3.63, 3.8) is 0 Å². The van der Waals surface area contributed by atoms with Crippen LogP contribution in [0, 0.1) is 22.9 Å². The SMILES string of the molecule is Cc1nn(-c2ccc(F)cc2)c(Cl)c1/C=N\Nc1ccc([N+](=O)[O-])cc1S(=O)(=O)Nc1ccccc1Cl. The average molecular weight is 563 g/mol. The molecule has 2 N–H and O–H groups in total. The lowest BCUT2D eigenvalue weighted by atomic mass is 10.3. The largest absolute Gasteiger partial charge is 0.278 e. The zero-order valence-corrected chi connectivity index (χ0v) is 21.2. The molecule has 14 heteroatoms. The van der Waals surface area contributed by atoms with Crippen molar-refractivity contribution >= 4 is 56.5 Å². The summed E-state index contributed by atoms with van der Waals surface area (Å²) in [6.45, 7) is 1.68. The summed E-state index contributed by atoms with van der Waals surface area (Å²) in [7, 11) is -4.32. The number of para-hydroxylation sites is 1. The normalized spacial score (nSPS) is 11.6. The highest BCUT2D eigenvalue weighted by Crippen LogP contribution is 2.30. The standard InChI is InChI=1S/C23H17Cl2FN6O4S/c1-14-18(23(25)31(29-14)16-8-6-15(26)7-9-16)13-27-28-21-11-10-17(32(33)34)12-22(21)37(35,36)30-20-5-3-2-4-19(20)24/h2-13,28,30H,1H3/b27-13-. The van der Waals surface area contributed by atoms with Crippen LogP contribution in [0.5, 0.6) is 0 Å². The Balaban J connectivity index is 1.66. The maximum Gasteiger partial charge on any atom is 0.270 e. The van der Waals surface area contributed by atoms with Crippen LogP contribution in [0.4, 0.5) is 21.5 Å². The lowest BCUT2D eigenvalue weighted by molar-refractivity contribution is -0.385. The number of benzene rings is 3. The number of nitro benzene ring substituents is 1. The van der Waals surface area contributed by atoms with Crippen molar-refractivity contribution in [2.45, 2.75) is 11.8 Å². The van der Waals surface area contributed by atoms with Gasteiger partial charge in [0.25, 0.3) is 15.7 Å². The first-order chi connectivity index (χ1) is 17.6. The molecule has 37 heavy (non-hydrogen) atoms. The molecule has 4 aromatic rings. The number of hydrazone groups is 1. The first-order valence-corrected chi connectivity index (χ1v) is 12.7. The molecule has 190 valence electrons. The summed E-state index contributed by atoms with van der Waals surface area (Å²) in [5, 5.41) is 20.0. The molecule has 0 fully saturated rings. The fourth-order valence-corrected chi connectivity index (χ4v) is 5.08. The monoisotopic (exact) mass is 562 g/mol. The van der Waals surface area contributed by atoms with Crippen molar-refractivity contribution in [1.82, 2.24) is 9.78 Å². The number of halogens is 3. The van der Waals surface area contributed by atoms with Gasteiger partial charge in [0.1, 0.15) is 15.9 Å². The Bertz CT molecular complexity index is 1620. The number of anilines is 2. The molecular weight excluding hydrogens is 546 g/mol. The predicted octanol–water partition coefficient (Wildman–Crippen LogP) is 5.78. The molecule has 0 radical (unpaired) electrons. The van der Waals surface area contributed by atoms with Gasteiger partial charge in [0.15, 0.2) is 0 Å². The van der Waals surface area contributed by atoms with Gasteiger partial charge in [-0.3, -0.25) is 20.3 Å². The van der Waals surface area contributed by atoms with Gasteiger partial charge in [-0.25, -0.2) is 17.5 Å².